The molecule has 0 unspecified atom stereocenters. The summed E-state index contributed by atoms with van der Waals surface area (Å²) in [6.45, 7) is 4.45. The lowest BCUT2D eigenvalue weighted by Gasteiger charge is -2.17. The molecule has 5 nitrogen and oxygen atoms in total. The van der Waals surface area contributed by atoms with Gasteiger partial charge in [-0.1, -0.05) is 0 Å². The number of aryl methyl sites for hydroxylation is 1. The van der Waals surface area contributed by atoms with Gasteiger partial charge in [0.2, 0.25) is 10.0 Å². The van der Waals surface area contributed by atoms with Gasteiger partial charge in [0.15, 0.2) is 0 Å². The number of aromatic nitrogens is 2. The molecule has 0 saturated carbocycles. The van der Waals surface area contributed by atoms with Gasteiger partial charge in [0.1, 0.15) is 16.5 Å². The summed E-state index contributed by atoms with van der Waals surface area (Å²) < 4.78 is 54.4. The van der Waals surface area contributed by atoms with Crippen LogP contribution in [0.3, 0.4) is 0 Å². The molecule has 0 bridgehead atoms. The van der Waals surface area contributed by atoms with Crippen LogP contribution in [0.25, 0.3) is 0 Å². The lowest BCUT2D eigenvalue weighted by Crippen LogP contribution is -2.27. The van der Waals surface area contributed by atoms with Crippen molar-refractivity contribution in [2.45, 2.75) is 31.8 Å². The zero-order valence-electron chi connectivity index (χ0n) is 12.5. The minimum absolute atomic E-state index is 0.0319. The SMILES string of the molecule is CCn1ncc(CN(C)S(=O)(=O)c2cc(F)ccc2F)c1C. The molecule has 2 rings (SSSR count). The second-order valence-electron chi connectivity index (χ2n) is 4.91. The first-order valence-corrected chi connectivity index (χ1v) is 8.14. The smallest absolute Gasteiger partial charge is 0.246 e. The van der Waals surface area contributed by atoms with Gasteiger partial charge >= 0.3 is 0 Å². The molecule has 8 heteroatoms. The molecule has 22 heavy (non-hydrogen) atoms. The summed E-state index contributed by atoms with van der Waals surface area (Å²) >= 11 is 0. The quantitative estimate of drug-likeness (QED) is 0.846. The maximum absolute atomic E-state index is 13.7. The molecule has 1 heterocycles. The minimum atomic E-state index is -4.12. The summed E-state index contributed by atoms with van der Waals surface area (Å²) in [7, 11) is -2.80. The van der Waals surface area contributed by atoms with Crippen molar-refractivity contribution in [3.05, 3.63) is 47.3 Å². The average Bonchev–Trinajstić information content (AvgIpc) is 2.82. The Morgan fingerprint density at radius 1 is 1.32 bits per heavy atom. The van der Waals surface area contributed by atoms with Crippen molar-refractivity contribution in [1.29, 1.82) is 0 Å². The molecule has 0 N–H and O–H groups in total. The zero-order chi connectivity index (χ0) is 16.5. The van der Waals surface area contributed by atoms with E-state index in [0.29, 0.717) is 18.2 Å². The van der Waals surface area contributed by atoms with Gasteiger partial charge in [0.25, 0.3) is 0 Å². The fourth-order valence-electron chi connectivity index (χ4n) is 2.13. The van der Waals surface area contributed by atoms with Crippen LogP contribution in [0, 0.1) is 18.6 Å². The minimum Gasteiger partial charge on any atom is -0.270 e. The first-order valence-electron chi connectivity index (χ1n) is 6.70. The predicted octanol–water partition coefficient (Wildman–Crippen LogP) is 2.31. The number of rotatable bonds is 5. The monoisotopic (exact) mass is 329 g/mol. The number of hydrogen-bond donors (Lipinski definition) is 0. The Balaban J connectivity index is 2.33. The molecule has 0 spiro atoms. The maximum atomic E-state index is 13.7. The van der Waals surface area contributed by atoms with Gasteiger partial charge in [-0.25, -0.2) is 17.2 Å². The molecule has 0 fully saturated rings. The number of hydrogen-bond acceptors (Lipinski definition) is 3. The first-order chi connectivity index (χ1) is 10.3. The van der Waals surface area contributed by atoms with Gasteiger partial charge in [-0.3, -0.25) is 4.68 Å². The lowest BCUT2D eigenvalue weighted by molar-refractivity contribution is 0.457. The van der Waals surface area contributed by atoms with Crippen LogP contribution in [0.15, 0.2) is 29.3 Å². The molecule has 1 aromatic carbocycles. The van der Waals surface area contributed by atoms with Crippen LogP contribution in [0.4, 0.5) is 8.78 Å². The van der Waals surface area contributed by atoms with Crippen molar-refractivity contribution in [3.8, 4) is 0 Å². The summed E-state index contributed by atoms with van der Waals surface area (Å²) in [5, 5.41) is 4.13. The zero-order valence-corrected chi connectivity index (χ0v) is 13.4. The van der Waals surface area contributed by atoms with E-state index in [9.17, 15) is 17.2 Å². The highest BCUT2D eigenvalue weighted by Gasteiger charge is 2.26. The summed E-state index contributed by atoms with van der Waals surface area (Å²) in [5.74, 6) is -1.78. The largest absolute Gasteiger partial charge is 0.270 e. The van der Waals surface area contributed by atoms with Crippen molar-refractivity contribution < 1.29 is 17.2 Å². The second-order valence-corrected chi connectivity index (χ2v) is 6.92. The van der Waals surface area contributed by atoms with E-state index >= 15 is 0 Å². The molecule has 2 aromatic rings. The Morgan fingerprint density at radius 2 is 2.00 bits per heavy atom. The van der Waals surface area contributed by atoms with E-state index in [0.717, 1.165) is 22.1 Å². The van der Waals surface area contributed by atoms with Crippen molar-refractivity contribution >= 4 is 10.0 Å². The lowest BCUT2D eigenvalue weighted by atomic mass is 10.2. The van der Waals surface area contributed by atoms with E-state index in [1.165, 1.54) is 7.05 Å². The van der Waals surface area contributed by atoms with E-state index in [-0.39, 0.29) is 6.54 Å². The third-order valence-electron chi connectivity index (χ3n) is 3.48. The van der Waals surface area contributed by atoms with E-state index in [4.69, 9.17) is 0 Å². The Morgan fingerprint density at radius 3 is 2.59 bits per heavy atom. The predicted molar refractivity (Wildman–Crippen MR) is 77.6 cm³/mol. The third-order valence-corrected chi connectivity index (χ3v) is 5.30. The number of benzene rings is 1. The molecular weight excluding hydrogens is 312 g/mol. The standard InChI is InChI=1S/C14H17F2N3O2S/c1-4-19-10(2)11(8-17-19)9-18(3)22(20,21)14-7-12(15)5-6-13(14)16/h5-8H,4,9H2,1-3H3. The van der Waals surface area contributed by atoms with Crippen molar-refractivity contribution in [2.24, 2.45) is 0 Å². The summed E-state index contributed by atoms with van der Waals surface area (Å²) in [6.07, 6.45) is 1.58. The van der Waals surface area contributed by atoms with E-state index in [1.54, 1.807) is 10.9 Å². The van der Waals surface area contributed by atoms with E-state index < -0.39 is 26.6 Å². The van der Waals surface area contributed by atoms with E-state index in [2.05, 4.69) is 5.10 Å². The number of nitrogens with zero attached hydrogens (tertiary/aromatic N) is 3. The maximum Gasteiger partial charge on any atom is 0.246 e. The molecule has 0 amide bonds. The average molecular weight is 329 g/mol. The van der Waals surface area contributed by atoms with Gasteiger partial charge < -0.3 is 0 Å². The van der Waals surface area contributed by atoms with Crippen LogP contribution in [0.1, 0.15) is 18.2 Å². The molecule has 0 radical (unpaired) electrons. The normalized spacial score (nSPS) is 12.1. The van der Waals surface area contributed by atoms with Crippen LogP contribution < -0.4 is 0 Å². The van der Waals surface area contributed by atoms with Gasteiger partial charge in [0.05, 0.1) is 6.20 Å². The number of sulfonamides is 1. The highest BCUT2D eigenvalue weighted by molar-refractivity contribution is 7.89. The van der Waals surface area contributed by atoms with Crippen LogP contribution in [-0.2, 0) is 23.1 Å². The second kappa shape index (κ2) is 6.13. The van der Waals surface area contributed by atoms with Gasteiger partial charge in [0, 0.05) is 31.4 Å². The van der Waals surface area contributed by atoms with Gasteiger partial charge in [-0.2, -0.15) is 9.40 Å². The Labute approximate surface area is 128 Å². The van der Waals surface area contributed by atoms with Crippen molar-refractivity contribution in [2.75, 3.05) is 7.05 Å². The molecule has 0 aliphatic rings. The number of halogens is 2. The Kier molecular flexibility index (Phi) is 4.62. The molecule has 0 aliphatic carbocycles. The van der Waals surface area contributed by atoms with Crippen molar-refractivity contribution in [3.63, 3.8) is 0 Å². The third kappa shape index (κ3) is 3.02. The molecule has 120 valence electrons. The summed E-state index contributed by atoms with van der Waals surface area (Å²) in [6, 6.07) is 2.36. The highest BCUT2D eigenvalue weighted by Crippen LogP contribution is 2.21. The highest BCUT2D eigenvalue weighted by atomic mass is 32.2. The molecular formula is C14H17F2N3O2S. The van der Waals surface area contributed by atoms with Gasteiger partial charge in [-0.05, 0) is 32.0 Å². The van der Waals surface area contributed by atoms with Crippen molar-refractivity contribution in [1.82, 2.24) is 14.1 Å². The van der Waals surface area contributed by atoms with Crippen LogP contribution >= 0.6 is 0 Å². The molecule has 0 aliphatic heterocycles. The van der Waals surface area contributed by atoms with Crippen LogP contribution in [-0.4, -0.2) is 29.6 Å². The van der Waals surface area contributed by atoms with Crippen LogP contribution in [0.5, 0.6) is 0 Å². The topological polar surface area (TPSA) is 55.2 Å². The summed E-state index contributed by atoms with van der Waals surface area (Å²) in [5.41, 5.74) is 1.55. The molecule has 1 aromatic heterocycles. The molecule has 0 atom stereocenters. The van der Waals surface area contributed by atoms with Gasteiger partial charge in [-0.15, -0.1) is 0 Å². The fraction of sp³-hybridized carbons (Fsp3) is 0.357. The Hall–Kier alpha value is -1.80. The fourth-order valence-corrected chi connectivity index (χ4v) is 3.35. The first kappa shape index (κ1) is 16.6. The van der Waals surface area contributed by atoms with Crippen LogP contribution in [0.2, 0.25) is 0 Å². The summed E-state index contributed by atoms with van der Waals surface area (Å²) in [4.78, 5) is -0.671. The van der Waals surface area contributed by atoms with E-state index in [1.807, 2.05) is 13.8 Å². The molecule has 0 saturated heterocycles. The Bertz CT molecular complexity index is 787.